The van der Waals surface area contributed by atoms with Crippen molar-refractivity contribution in [2.24, 2.45) is 0 Å². The molecule has 0 bridgehead atoms. The fourth-order valence-electron chi connectivity index (χ4n) is 1.90. The molecule has 0 radical (unpaired) electrons. The fourth-order valence-corrected chi connectivity index (χ4v) is 3.39. The van der Waals surface area contributed by atoms with E-state index in [2.05, 4.69) is 22.4 Å². The summed E-state index contributed by atoms with van der Waals surface area (Å²) in [4.78, 5) is 24.3. The van der Waals surface area contributed by atoms with E-state index in [4.69, 9.17) is 0 Å². The molecule has 0 spiro atoms. The average Bonchev–Trinajstić information content (AvgIpc) is 3.17. The van der Waals surface area contributed by atoms with Crippen molar-refractivity contribution in [2.45, 2.75) is 45.4 Å². The molecule has 2 heterocycles. The van der Waals surface area contributed by atoms with Crippen LogP contribution in [0.15, 0.2) is 17.5 Å². The number of carbonyl (C=O) groups excluding carboxylic acids is 2. The molecule has 1 amide bonds. The van der Waals surface area contributed by atoms with Gasteiger partial charge in [0.15, 0.2) is 5.78 Å². The number of hydrogen-bond donors (Lipinski definition) is 1. The minimum Gasteiger partial charge on any atom is -0.301 e. The molecule has 0 fully saturated rings. The Labute approximate surface area is 137 Å². The first kappa shape index (κ1) is 16.8. The summed E-state index contributed by atoms with van der Waals surface area (Å²) in [6.07, 6.45) is 4.72. The zero-order valence-corrected chi connectivity index (χ0v) is 14.1. The zero-order chi connectivity index (χ0) is 15.8. The minimum atomic E-state index is -0.193. The molecule has 2 aromatic heterocycles. The summed E-state index contributed by atoms with van der Waals surface area (Å²) in [7, 11) is 0. The second-order valence-corrected chi connectivity index (χ2v) is 6.92. The summed E-state index contributed by atoms with van der Waals surface area (Å²) in [5, 5.41) is 14.1. The SMILES string of the molecule is CCCCCc1nnc(NC(=O)CCC(=O)c2cccs2)s1. The van der Waals surface area contributed by atoms with Gasteiger partial charge < -0.3 is 5.32 Å². The Hall–Kier alpha value is -1.60. The number of nitrogens with zero attached hydrogens (tertiary/aromatic N) is 2. The van der Waals surface area contributed by atoms with E-state index in [9.17, 15) is 9.59 Å². The third-order valence-electron chi connectivity index (χ3n) is 3.08. The molecule has 0 aliphatic carbocycles. The molecule has 0 aliphatic rings. The number of amides is 1. The number of hydrogen-bond acceptors (Lipinski definition) is 6. The predicted molar refractivity (Wildman–Crippen MR) is 89.7 cm³/mol. The van der Waals surface area contributed by atoms with E-state index in [1.54, 1.807) is 6.07 Å². The van der Waals surface area contributed by atoms with Crippen molar-refractivity contribution in [3.63, 3.8) is 0 Å². The molecule has 2 rings (SSSR count). The number of aryl methyl sites for hydroxylation is 1. The average molecular weight is 337 g/mol. The number of anilines is 1. The van der Waals surface area contributed by atoms with Gasteiger partial charge in [0.2, 0.25) is 11.0 Å². The normalized spacial score (nSPS) is 10.6. The summed E-state index contributed by atoms with van der Waals surface area (Å²) < 4.78 is 0. The van der Waals surface area contributed by atoms with Crippen molar-refractivity contribution in [3.05, 3.63) is 27.4 Å². The quantitative estimate of drug-likeness (QED) is 0.556. The van der Waals surface area contributed by atoms with Gasteiger partial charge in [0, 0.05) is 19.3 Å². The number of aromatic nitrogens is 2. The number of nitrogens with one attached hydrogen (secondary N) is 1. The van der Waals surface area contributed by atoms with Crippen LogP contribution >= 0.6 is 22.7 Å². The van der Waals surface area contributed by atoms with Crippen molar-refractivity contribution < 1.29 is 9.59 Å². The minimum absolute atomic E-state index is 0.00247. The lowest BCUT2D eigenvalue weighted by molar-refractivity contribution is -0.116. The van der Waals surface area contributed by atoms with E-state index in [0.717, 1.165) is 17.8 Å². The highest BCUT2D eigenvalue weighted by molar-refractivity contribution is 7.15. The van der Waals surface area contributed by atoms with Crippen LogP contribution in [-0.4, -0.2) is 21.9 Å². The third-order valence-corrected chi connectivity index (χ3v) is 4.89. The summed E-state index contributed by atoms with van der Waals surface area (Å²) in [5.74, 6) is -0.191. The first-order chi connectivity index (χ1) is 10.7. The molecule has 0 aliphatic heterocycles. The van der Waals surface area contributed by atoms with Gasteiger partial charge in [-0.05, 0) is 17.9 Å². The molecule has 0 atom stereocenters. The van der Waals surface area contributed by atoms with Crippen LogP contribution in [0.3, 0.4) is 0 Å². The van der Waals surface area contributed by atoms with Crippen molar-refractivity contribution in [1.82, 2.24) is 10.2 Å². The molecule has 22 heavy (non-hydrogen) atoms. The van der Waals surface area contributed by atoms with E-state index >= 15 is 0 Å². The van der Waals surface area contributed by atoms with Crippen molar-refractivity contribution in [1.29, 1.82) is 0 Å². The van der Waals surface area contributed by atoms with Gasteiger partial charge in [0.05, 0.1) is 4.88 Å². The van der Waals surface area contributed by atoms with E-state index in [1.165, 1.54) is 35.5 Å². The monoisotopic (exact) mass is 337 g/mol. The van der Waals surface area contributed by atoms with Crippen LogP contribution in [0.2, 0.25) is 0 Å². The van der Waals surface area contributed by atoms with Gasteiger partial charge in [-0.15, -0.1) is 21.5 Å². The number of ketones is 1. The van der Waals surface area contributed by atoms with Crippen LogP contribution in [0.1, 0.15) is 53.7 Å². The molecule has 0 unspecified atom stereocenters. The van der Waals surface area contributed by atoms with Gasteiger partial charge in [-0.3, -0.25) is 9.59 Å². The Morgan fingerprint density at radius 3 is 2.82 bits per heavy atom. The highest BCUT2D eigenvalue weighted by atomic mass is 32.1. The second-order valence-electron chi connectivity index (χ2n) is 4.91. The third kappa shape index (κ3) is 5.31. The highest BCUT2D eigenvalue weighted by Crippen LogP contribution is 2.18. The van der Waals surface area contributed by atoms with Crippen molar-refractivity contribution in [2.75, 3.05) is 5.32 Å². The topological polar surface area (TPSA) is 72.0 Å². The van der Waals surface area contributed by atoms with Crippen molar-refractivity contribution >= 4 is 39.5 Å². The second kappa shape index (κ2) is 8.75. The molecule has 1 N–H and O–H groups in total. The molecular weight excluding hydrogens is 318 g/mol. The molecule has 5 nitrogen and oxygen atoms in total. The fraction of sp³-hybridized carbons (Fsp3) is 0.467. The lowest BCUT2D eigenvalue weighted by atomic mass is 10.2. The first-order valence-corrected chi connectivity index (χ1v) is 9.07. The van der Waals surface area contributed by atoms with Crippen LogP contribution in [-0.2, 0) is 11.2 Å². The van der Waals surface area contributed by atoms with Crippen LogP contribution < -0.4 is 5.32 Å². The number of unbranched alkanes of at least 4 members (excludes halogenated alkanes) is 2. The largest absolute Gasteiger partial charge is 0.301 e. The number of carbonyl (C=O) groups is 2. The molecular formula is C15H19N3O2S2. The summed E-state index contributed by atoms with van der Waals surface area (Å²) in [6, 6.07) is 3.61. The first-order valence-electron chi connectivity index (χ1n) is 7.38. The maximum absolute atomic E-state index is 11.8. The van der Waals surface area contributed by atoms with Crippen LogP contribution in [0, 0.1) is 0 Å². The molecule has 0 saturated heterocycles. The lowest BCUT2D eigenvalue weighted by Crippen LogP contribution is -2.13. The Morgan fingerprint density at radius 2 is 2.09 bits per heavy atom. The molecule has 0 aromatic carbocycles. The molecule has 2 aromatic rings. The van der Waals surface area contributed by atoms with Crippen molar-refractivity contribution in [3.8, 4) is 0 Å². The predicted octanol–water partition coefficient (Wildman–Crippen LogP) is 3.93. The van der Waals surface area contributed by atoms with E-state index in [0.29, 0.717) is 10.0 Å². The molecule has 118 valence electrons. The van der Waals surface area contributed by atoms with E-state index < -0.39 is 0 Å². The summed E-state index contributed by atoms with van der Waals surface area (Å²) in [6.45, 7) is 2.16. The number of rotatable bonds is 9. The van der Waals surface area contributed by atoms with Crippen LogP contribution in [0.4, 0.5) is 5.13 Å². The highest BCUT2D eigenvalue weighted by Gasteiger charge is 2.12. The van der Waals surface area contributed by atoms with E-state index in [-0.39, 0.29) is 24.5 Å². The van der Waals surface area contributed by atoms with Gasteiger partial charge in [0.25, 0.3) is 0 Å². The Morgan fingerprint density at radius 1 is 1.23 bits per heavy atom. The standard InChI is InChI=1S/C15H19N3O2S2/c1-2-3-4-7-14-17-18-15(22-14)16-13(20)9-8-11(19)12-6-5-10-21-12/h5-6,10H,2-4,7-9H2,1H3,(H,16,18,20). The van der Waals surface area contributed by atoms with Gasteiger partial charge in [-0.1, -0.05) is 37.2 Å². The Balaban J connectivity index is 1.74. The van der Waals surface area contributed by atoms with Crippen LogP contribution in [0.25, 0.3) is 0 Å². The van der Waals surface area contributed by atoms with Gasteiger partial charge in [0.1, 0.15) is 5.01 Å². The Bertz CT molecular complexity index is 608. The molecule has 7 heteroatoms. The number of thiophene rings is 1. The maximum Gasteiger partial charge on any atom is 0.226 e. The summed E-state index contributed by atoms with van der Waals surface area (Å²) >= 11 is 2.80. The van der Waals surface area contributed by atoms with Gasteiger partial charge in [-0.2, -0.15) is 0 Å². The summed E-state index contributed by atoms with van der Waals surface area (Å²) in [5.41, 5.74) is 0. The van der Waals surface area contributed by atoms with Crippen LogP contribution in [0.5, 0.6) is 0 Å². The lowest BCUT2D eigenvalue weighted by Gasteiger charge is -2.00. The van der Waals surface area contributed by atoms with E-state index in [1.807, 2.05) is 11.4 Å². The van der Waals surface area contributed by atoms with Gasteiger partial charge in [-0.25, -0.2) is 0 Å². The maximum atomic E-state index is 11.8. The number of Topliss-reactive ketones (excluding diaryl/α,β-unsaturated/α-hetero) is 1. The van der Waals surface area contributed by atoms with Gasteiger partial charge >= 0.3 is 0 Å². The molecule has 0 saturated carbocycles. The Kier molecular flexibility index (Phi) is 6.67. The zero-order valence-electron chi connectivity index (χ0n) is 12.5. The smallest absolute Gasteiger partial charge is 0.226 e.